The molecule has 4 heteroatoms. The minimum absolute atomic E-state index is 0.0284. The molecule has 1 aromatic rings. The Morgan fingerprint density at radius 1 is 1.04 bits per heavy atom. The number of hydrogen-bond donors (Lipinski definition) is 1. The fourth-order valence-electron chi connectivity index (χ4n) is 6.35. The third-order valence-corrected chi connectivity index (χ3v) is 8.95. The Hall–Kier alpha value is -0.870. The zero-order valence-corrected chi connectivity index (χ0v) is 17.0. The molecule has 0 radical (unpaired) electrons. The van der Waals surface area contributed by atoms with E-state index in [4.69, 9.17) is 0 Å². The van der Waals surface area contributed by atoms with Crippen molar-refractivity contribution in [3.8, 4) is 0 Å². The molecule has 26 heavy (non-hydrogen) atoms. The van der Waals surface area contributed by atoms with E-state index in [-0.39, 0.29) is 11.5 Å². The molecule has 0 aliphatic heterocycles. The van der Waals surface area contributed by atoms with Crippen LogP contribution in [0, 0.1) is 23.2 Å². The van der Waals surface area contributed by atoms with Crippen LogP contribution in [0.2, 0.25) is 0 Å². The molecule has 5 rings (SSSR count). The average Bonchev–Trinajstić information content (AvgIpc) is 2.59. The van der Waals surface area contributed by atoms with E-state index in [1.807, 2.05) is 12.1 Å². The van der Waals surface area contributed by atoms with Crippen LogP contribution in [0.1, 0.15) is 70.8 Å². The second-order valence-electron chi connectivity index (χ2n) is 9.37. The van der Waals surface area contributed by atoms with Crippen LogP contribution in [0.15, 0.2) is 29.2 Å². The lowest BCUT2D eigenvalue weighted by Crippen LogP contribution is -2.55. The number of unbranched alkanes of at least 4 members (excludes halogenated alkanes) is 1. The largest absolute Gasteiger partial charge is 0.240 e. The van der Waals surface area contributed by atoms with Crippen LogP contribution in [0.3, 0.4) is 0 Å². The molecule has 0 amide bonds. The van der Waals surface area contributed by atoms with Crippen LogP contribution in [-0.2, 0) is 16.4 Å². The monoisotopic (exact) mass is 375 g/mol. The Kier molecular flexibility index (Phi) is 4.94. The van der Waals surface area contributed by atoms with Crippen molar-refractivity contribution in [2.75, 3.05) is 0 Å². The van der Waals surface area contributed by atoms with Gasteiger partial charge in [-0.3, -0.25) is 0 Å². The molecule has 1 atom stereocenters. The van der Waals surface area contributed by atoms with Gasteiger partial charge >= 0.3 is 0 Å². The van der Waals surface area contributed by atoms with Crippen molar-refractivity contribution in [1.82, 2.24) is 4.72 Å². The van der Waals surface area contributed by atoms with Gasteiger partial charge in [-0.25, -0.2) is 13.1 Å². The zero-order valence-electron chi connectivity index (χ0n) is 16.2. The molecule has 0 aromatic heterocycles. The molecule has 0 spiro atoms. The lowest BCUT2D eigenvalue weighted by atomic mass is 9.48. The second-order valence-corrected chi connectivity index (χ2v) is 11.1. The van der Waals surface area contributed by atoms with E-state index in [2.05, 4.69) is 18.6 Å². The predicted octanol–water partition coefficient (Wildman–Crippen LogP) is 4.91. The Labute approximate surface area is 159 Å². The van der Waals surface area contributed by atoms with Gasteiger partial charge in [-0.15, -0.1) is 0 Å². The van der Waals surface area contributed by atoms with E-state index in [1.54, 1.807) is 12.1 Å². The van der Waals surface area contributed by atoms with E-state index in [1.165, 1.54) is 44.1 Å². The van der Waals surface area contributed by atoms with Crippen LogP contribution < -0.4 is 4.72 Å². The van der Waals surface area contributed by atoms with Gasteiger partial charge in [-0.2, -0.15) is 0 Å². The molecule has 0 saturated heterocycles. The first kappa shape index (κ1) is 18.5. The summed E-state index contributed by atoms with van der Waals surface area (Å²) in [7, 11) is -3.44. The molecule has 1 unspecified atom stereocenters. The van der Waals surface area contributed by atoms with E-state index in [9.17, 15) is 8.42 Å². The summed E-state index contributed by atoms with van der Waals surface area (Å²) >= 11 is 0. The summed E-state index contributed by atoms with van der Waals surface area (Å²) in [6.45, 7) is 4.29. The van der Waals surface area contributed by atoms with Crippen molar-refractivity contribution in [1.29, 1.82) is 0 Å². The number of sulfonamides is 1. The van der Waals surface area contributed by atoms with Gasteiger partial charge in [0.2, 0.25) is 10.0 Å². The van der Waals surface area contributed by atoms with Crippen LogP contribution >= 0.6 is 0 Å². The van der Waals surface area contributed by atoms with Gasteiger partial charge in [-0.05, 0) is 99.2 Å². The molecule has 3 nitrogen and oxygen atoms in total. The highest BCUT2D eigenvalue weighted by atomic mass is 32.2. The molecule has 4 saturated carbocycles. The first-order chi connectivity index (χ1) is 12.4. The average molecular weight is 376 g/mol. The van der Waals surface area contributed by atoms with Crippen molar-refractivity contribution < 1.29 is 8.42 Å². The first-order valence-corrected chi connectivity index (χ1v) is 12.0. The minimum atomic E-state index is -3.44. The summed E-state index contributed by atoms with van der Waals surface area (Å²) in [6, 6.07) is 7.53. The molecule has 4 aliphatic carbocycles. The summed E-state index contributed by atoms with van der Waals surface area (Å²) < 4.78 is 29.0. The molecular formula is C22H33NO2S. The maximum absolute atomic E-state index is 12.9. The van der Waals surface area contributed by atoms with Crippen molar-refractivity contribution in [3.63, 3.8) is 0 Å². The standard InChI is InChI=1S/C22H33NO2S/c1-3-4-5-17-6-8-21(9-7-17)26(24,25)23-16(2)22-13-18-10-19(14-22)12-20(11-18)15-22/h6-9,16,18-20,23H,3-5,10-15H2,1-2H3. The molecular weight excluding hydrogens is 342 g/mol. The normalized spacial score (nSPS) is 34.2. The maximum atomic E-state index is 12.9. The van der Waals surface area contributed by atoms with Crippen LogP contribution in [0.5, 0.6) is 0 Å². The lowest BCUT2D eigenvalue weighted by Gasteiger charge is -2.59. The van der Waals surface area contributed by atoms with Crippen molar-refractivity contribution >= 4 is 10.0 Å². The molecule has 1 aromatic carbocycles. The number of rotatable bonds is 7. The SMILES string of the molecule is CCCCc1ccc(S(=O)(=O)NC(C)C23CC4CC(CC(C4)C2)C3)cc1. The molecule has 4 aliphatic rings. The van der Waals surface area contributed by atoms with Gasteiger partial charge in [-0.1, -0.05) is 25.5 Å². The third-order valence-electron chi connectivity index (χ3n) is 7.39. The number of benzene rings is 1. The number of nitrogens with one attached hydrogen (secondary N) is 1. The maximum Gasteiger partial charge on any atom is 0.240 e. The van der Waals surface area contributed by atoms with Gasteiger partial charge in [0.15, 0.2) is 0 Å². The summed E-state index contributed by atoms with van der Waals surface area (Å²) in [5.41, 5.74) is 1.42. The smallest absolute Gasteiger partial charge is 0.208 e. The fraction of sp³-hybridized carbons (Fsp3) is 0.727. The highest BCUT2D eigenvalue weighted by Crippen LogP contribution is 2.61. The molecule has 0 heterocycles. The van der Waals surface area contributed by atoms with Gasteiger partial charge in [0, 0.05) is 6.04 Å². The predicted molar refractivity (Wildman–Crippen MR) is 105 cm³/mol. The third kappa shape index (κ3) is 3.47. The highest BCUT2D eigenvalue weighted by molar-refractivity contribution is 7.89. The van der Waals surface area contributed by atoms with Gasteiger partial charge in [0.05, 0.1) is 4.90 Å². The van der Waals surface area contributed by atoms with Crippen LogP contribution in [0.4, 0.5) is 0 Å². The minimum Gasteiger partial charge on any atom is -0.208 e. The number of hydrogen-bond acceptors (Lipinski definition) is 2. The Bertz CT molecular complexity index is 703. The van der Waals surface area contributed by atoms with E-state index in [0.29, 0.717) is 4.90 Å². The summed E-state index contributed by atoms with van der Waals surface area (Å²) in [6.07, 6.45) is 11.1. The Morgan fingerprint density at radius 2 is 1.58 bits per heavy atom. The summed E-state index contributed by atoms with van der Waals surface area (Å²) in [4.78, 5) is 0.411. The van der Waals surface area contributed by atoms with Gasteiger partial charge in [0.25, 0.3) is 0 Å². The molecule has 4 fully saturated rings. The van der Waals surface area contributed by atoms with E-state index in [0.717, 1.165) is 37.0 Å². The highest BCUT2D eigenvalue weighted by Gasteiger charge is 2.53. The van der Waals surface area contributed by atoms with E-state index < -0.39 is 10.0 Å². The quantitative estimate of drug-likeness (QED) is 0.736. The Balaban J connectivity index is 1.47. The van der Waals surface area contributed by atoms with Crippen LogP contribution in [0.25, 0.3) is 0 Å². The molecule has 4 bridgehead atoms. The van der Waals surface area contributed by atoms with Crippen molar-refractivity contribution in [2.24, 2.45) is 23.2 Å². The summed E-state index contributed by atoms with van der Waals surface area (Å²) in [5.74, 6) is 2.52. The van der Waals surface area contributed by atoms with Crippen molar-refractivity contribution in [2.45, 2.75) is 82.6 Å². The van der Waals surface area contributed by atoms with Gasteiger partial charge in [0.1, 0.15) is 0 Å². The fourth-order valence-corrected chi connectivity index (χ4v) is 7.70. The summed E-state index contributed by atoms with van der Waals surface area (Å²) in [5, 5.41) is 0. The number of aryl methyl sites for hydroxylation is 1. The Morgan fingerprint density at radius 3 is 2.08 bits per heavy atom. The van der Waals surface area contributed by atoms with Crippen molar-refractivity contribution in [3.05, 3.63) is 29.8 Å². The first-order valence-electron chi connectivity index (χ1n) is 10.5. The second kappa shape index (κ2) is 6.94. The van der Waals surface area contributed by atoms with E-state index >= 15 is 0 Å². The lowest BCUT2D eigenvalue weighted by molar-refractivity contribution is -0.0666. The molecule has 144 valence electrons. The topological polar surface area (TPSA) is 46.2 Å². The zero-order chi connectivity index (χ0) is 18.4. The van der Waals surface area contributed by atoms with Crippen LogP contribution in [-0.4, -0.2) is 14.5 Å². The van der Waals surface area contributed by atoms with Gasteiger partial charge < -0.3 is 0 Å². The molecule has 1 N–H and O–H groups in total.